The van der Waals surface area contributed by atoms with Crippen LogP contribution in [0.25, 0.3) is 85.2 Å². The van der Waals surface area contributed by atoms with Gasteiger partial charge in [0.15, 0.2) is 0 Å². The highest BCUT2D eigenvalue weighted by atomic mass is 16.3. The van der Waals surface area contributed by atoms with Crippen LogP contribution in [0.5, 0.6) is 0 Å². The van der Waals surface area contributed by atoms with Gasteiger partial charge in [-0.2, -0.15) is 0 Å². The van der Waals surface area contributed by atoms with Crippen molar-refractivity contribution in [2.75, 3.05) is 0 Å². The number of benzene rings is 4. The van der Waals surface area contributed by atoms with Crippen LogP contribution < -0.4 is 0 Å². The van der Waals surface area contributed by atoms with E-state index < -0.39 is 0 Å². The molecule has 3 unspecified atom stereocenters. The summed E-state index contributed by atoms with van der Waals surface area (Å²) in [4.78, 5) is 0. The number of hydrogen-bond donors (Lipinski definition) is 0. The Bertz CT molecular complexity index is 3170. The average Bonchev–Trinajstić information content (AvgIpc) is 4.08. The van der Waals surface area contributed by atoms with Gasteiger partial charge < -0.3 is 13.6 Å². The SMILES string of the molecule is C=Cc1c(C(CC)CC(C)C)c(/C=C\C)n(-c2ccc3oc4ccc(-n5c6c(c7cc(-c8ccccc8C8=CC=CCC8CCCC)ccc75)C5CCCC5=CC=C6)cc4c3c2)c1/C=C\C. The number of allylic oxidation sites excluding steroid dienone is 9. The van der Waals surface area contributed by atoms with Crippen LogP contribution in [-0.4, -0.2) is 9.13 Å². The van der Waals surface area contributed by atoms with Crippen molar-refractivity contribution in [1.82, 2.24) is 9.13 Å². The van der Waals surface area contributed by atoms with E-state index in [1.54, 1.807) is 5.57 Å². The number of unbranched alkanes of at least 4 members (excludes halogenated alkanes) is 1. The molecule has 3 aliphatic rings. The molecule has 3 atom stereocenters. The monoisotopic (exact) mass is 867 g/mol. The van der Waals surface area contributed by atoms with E-state index in [0.717, 1.165) is 52.6 Å². The van der Waals surface area contributed by atoms with E-state index in [4.69, 9.17) is 4.42 Å². The summed E-state index contributed by atoms with van der Waals surface area (Å²) in [6, 6.07) is 30.0. The molecular formula is C63H66N2O. The molecule has 0 bridgehead atoms. The van der Waals surface area contributed by atoms with Crippen molar-refractivity contribution in [2.45, 2.75) is 111 Å². The Hall–Kier alpha value is -6.32. The predicted molar refractivity (Wildman–Crippen MR) is 286 cm³/mol. The lowest BCUT2D eigenvalue weighted by Crippen LogP contribution is -2.06. The van der Waals surface area contributed by atoms with Crippen LogP contribution in [0.1, 0.15) is 151 Å². The van der Waals surface area contributed by atoms with Crippen LogP contribution >= 0.6 is 0 Å². The van der Waals surface area contributed by atoms with E-state index in [1.807, 2.05) is 0 Å². The first-order chi connectivity index (χ1) is 32.4. The molecule has 3 heteroatoms. The Labute approximate surface area is 392 Å². The van der Waals surface area contributed by atoms with Crippen molar-refractivity contribution in [1.29, 1.82) is 0 Å². The zero-order valence-electron chi connectivity index (χ0n) is 40.0. The van der Waals surface area contributed by atoms with E-state index >= 15 is 0 Å². The van der Waals surface area contributed by atoms with Crippen molar-refractivity contribution in [3.8, 4) is 22.5 Å². The van der Waals surface area contributed by atoms with E-state index in [9.17, 15) is 0 Å². The Morgan fingerprint density at radius 2 is 1.55 bits per heavy atom. The summed E-state index contributed by atoms with van der Waals surface area (Å²) in [6.45, 7) is 17.9. The van der Waals surface area contributed by atoms with Crippen molar-refractivity contribution >= 4 is 62.7 Å². The minimum atomic E-state index is 0.410. The van der Waals surface area contributed by atoms with Gasteiger partial charge in [0.2, 0.25) is 0 Å². The van der Waals surface area contributed by atoms with Gasteiger partial charge in [0, 0.05) is 44.7 Å². The summed E-state index contributed by atoms with van der Waals surface area (Å²) in [5.74, 6) is 1.97. The number of furan rings is 1. The van der Waals surface area contributed by atoms with Gasteiger partial charge in [-0.3, -0.25) is 0 Å². The summed E-state index contributed by atoms with van der Waals surface area (Å²) in [6.07, 6.45) is 35.7. The summed E-state index contributed by atoms with van der Waals surface area (Å²) >= 11 is 0. The molecule has 7 aromatic rings. The van der Waals surface area contributed by atoms with Crippen LogP contribution in [0.15, 0.2) is 138 Å². The minimum Gasteiger partial charge on any atom is -0.456 e. The first-order valence-corrected chi connectivity index (χ1v) is 25.0. The third-order valence-corrected chi connectivity index (χ3v) is 14.9. The van der Waals surface area contributed by atoms with E-state index in [1.165, 1.54) is 105 Å². The molecule has 1 fully saturated rings. The van der Waals surface area contributed by atoms with Crippen LogP contribution in [0.4, 0.5) is 0 Å². The molecule has 4 aromatic carbocycles. The maximum atomic E-state index is 6.66. The first kappa shape index (κ1) is 43.6. The van der Waals surface area contributed by atoms with E-state index in [0.29, 0.717) is 23.7 Å². The third-order valence-electron chi connectivity index (χ3n) is 14.9. The molecule has 10 rings (SSSR count). The molecular weight excluding hydrogens is 801 g/mol. The molecule has 0 N–H and O–H groups in total. The zero-order chi connectivity index (χ0) is 45.5. The van der Waals surface area contributed by atoms with Crippen LogP contribution in [0.2, 0.25) is 0 Å². The Kier molecular flexibility index (Phi) is 12.2. The second-order valence-electron chi connectivity index (χ2n) is 19.4. The lowest BCUT2D eigenvalue weighted by molar-refractivity contribution is 0.488. The van der Waals surface area contributed by atoms with Gasteiger partial charge in [0.25, 0.3) is 0 Å². The maximum absolute atomic E-state index is 6.66. The van der Waals surface area contributed by atoms with Crippen LogP contribution in [0.3, 0.4) is 0 Å². The summed E-state index contributed by atoms with van der Waals surface area (Å²) in [5, 5.41) is 3.60. The van der Waals surface area contributed by atoms with Gasteiger partial charge in [-0.05, 0) is 177 Å². The smallest absolute Gasteiger partial charge is 0.135 e. The molecule has 0 radical (unpaired) electrons. The molecule has 3 aromatic heterocycles. The standard InChI is InChI=1S/C63H66N2O/c1-8-13-22-43-23-14-15-26-49(43)52-28-17-16-27-50(52)45-31-34-57-55(38-45)63-51-29-18-24-44(51)25-19-30-59(63)65(57)47-33-36-61-54(40-47)53-39-46(32-35-60(53)66-61)64-56(20-9-2)48(12-5)62(58(64)21-10-3)42(11-4)37-41(6)7/h9-10,12,14-17,19-21,25-28,30-36,38-43,51H,5,8,11,13,18,22-24,29,37H2,1-4,6-7H3/b20-9-,21-10-. The lowest BCUT2D eigenvalue weighted by atomic mass is 9.80. The molecule has 66 heavy (non-hydrogen) atoms. The van der Waals surface area contributed by atoms with Gasteiger partial charge in [0.05, 0.1) is 16.9 Å². The Morgan fingerprint density at radius 1 is 0.803 bits per heavy atom. The first-order valence-electron chi connectivity index (χ1n) is 25.0. The molecule has 1 saturated carbocycles. The van der Waals surface area contributed by atoms with E-state index in [-0.39, 0.29) is 0 Å². The number of nitrogens with zero attached hydrogens (tertiary/aromatic N) is 2. The lowest BCUT2D eigenvalue weighted by Gasteiger charge is -2.24. The van der Waals surface area contributed by atoms with Crippen molar-refractivity contribution in [2.24, 2.45) is 11.8 Å². The quantitative estimate of drug-likeness (QED) is 0.107. The van der Waals surface area contributed by atoms with Crippen LogP contribution in [-0.2, 0) is 0 Å². The Balaban J connectivity index is 1.15. The fourth-order valence-corrected chi connectivity index (χ4v) is 12.0. The van der Waals surface area contributed by atoms with Crippen molar-refractivity contribution in [3.05, 3.63) is 173 Å². The summed E-state index contributed by atoms with van der Waals surface area (Å²) in [5.41, 5.74) is 20.2. The summed E-state index contributed by atoms with van der Waals surface area (Å²) < 4.78 is 11.6. The normalized spacial score (nSPS) is 17.7. The van der Waals surface area contributed by atoms with Crippen molar-refractivity contribution in [3.63, 3.8) is 0 Å². The van der Waals surface area contributed by atoms with Gasteiger partial charge >= 0.3 is 0 Å². The molecule has 3 nitrogen and oxygen atoms in total. The van der Waals surface area contributed by atoms with Gasteiger partial charge in [-0.25, -0.2) is 0 Å². The number of hydrogen-bond acceptors (Lipinski definition) is 1. The Morgan fingerprint density at radius 3 is 2.26 bits per heavy atom. The highest BCUT2D eigenvalue weighted by molar-refractivity contribution is 6.07. The second kappa shape index (κ2) is 18.5. The number of rotatable bonds is 14. The maximum Gasteiger partial charge on any atom is 0.135 e. The molecule has 3 aliphatic carbocycles. The van der Waals surface area contributed by atoms with Crippen LogP contribution in [0, 0.1) is 11.8 Å². The zero-order valence-corrected chi connectivity index (χ0v) is 40.0. The topological polar surface area (TPSA) is 23.0 Å². The van der Waals surface area contributed by atoms with Crippen molar-refractivity contribution < 1.29 is 4.42 Å². The molecule has 3 heterocycles. The molecule has 0 aliphatic heterocycles. The van der Waals surface area contributed by atoms with Gasteiger partial charge in [-0.15, -0.1) is 0 Å². The fourth-order valence-electron chi connectivity index (χ4n) is 12.0. The molecule has 0 saturated heterocycles. The largest absolute Gasteiger partial charge is 0.456 e. The molecule has 0 spiro atoms. The fraction of sp³-hybridized carbons (Fsp3) is 0.302. The second-order valence-corrected chi connectivity index (χ2v) is 19.4. The highest BCUT2D eigenvalue weighted by Gasteiger charge is 2.32. The van der Waals surface area contributed by atoms with Gasteiger partial charge in [0.1, 0.15) is 11.2 Å². The molecule has 334 valence electrons. The molecule has 0 amide bonds. The third kappa shape index (κ3) is 7.55. The van der Waals surface area contributed by atoms with Gasteiger partial charge in [-0.1, -0.05) is 132 Å². The highest BCUT2D eigenvalue weighted by Crippen LogP contribution is 2.49. The summed E-state index contributed by atoms with van der Waals surface area (Å²) in [7, 11) is 0. The number of aromatic nitrogens is 2. The predicted octanol–water partition coefficient (Wildman–Crippen LogP) is 18.6. The van der Waals surface area contributed by atoms with E-state index in [2.05, 4.69) is 203 Å². The minimum absolute atomic E-state index is 0.410. The average molecular weight is 867 g/mol. The number of fused-ring (bicyclic) bond motifs is 8.